The Bertz CT molecular complexity index is 302. The fourth-order valence-corrected chi connectivity index (χ4v) is 2.19. The molecule has 1 aliphatic heterocycles. The van der Waals surface area contributed by atoms with Gasteiger partial charge in [-0.25, -0.2) is 0 Å². The average Bonchev–Trinajstić information content (AvgIpc) is 2.42. The monoisotopic (exact) mass is 257 g/mol. The van der Waals surface area contributed by atoms with Crippen LogP contribution in [0, 0.1) is 5.92 Å². The number of hydrogen-bond donors (Lipinski definition) is 0. The maximum atomic E-state index is 4.29. The van der Waals surface area contributed by atoms with Crippen LogP contribution < -0.4 is 0 Å². The highest BCUT2D eigenvalue weighted by molar-refractivity contribution is 9.10. The van der Waals surface area contributed by atoms with E-state index in [-0.39, 0.29) is 0 Å². The van der Waals surface area contributed by atoms with E-state index in [9.17, 15) is 0 Å². The molecule has 1 saturated heterocycles. The lowest BCUT2D eigenvalue weighted by atomic mass is 10.1. The highest BCUT2D eigenvalue weighted by atomic mass is 79.9. The maximum Gasteiger partial charge on any atom is 0.0773 e. The molecule has 0 unspecified atom stereocenters. The smallest absolute Gasteiger partial charge is 0.0773 e. The van der Waals surface area contributed by atoms with Crippen molar-refractivity contribution in [2.45, 2.75) is 19.9 Å². The molecule has 3 nitrogen and oxygen atoms in total. The quantitative estimate of drug-likeness (QED) is 0.828. The molecule has 1 aromatic heterocycles. The zero-order chi connectivity index (χ0) is 10.1. The molecule has 4 heteroatoms. The summed E-state index contributed by atoms with van der Waals surface area (Å²) in [4.78, 5) is 2.48. The minimum Gasteiger partial charge on any atom is -0.299 e. The first-order valence-electron chi connectivity index (χ1n) is 5.07. The fraction of sp³-hybridized carbons (Fsp3) is 0.700. The first-order valence-corrected chi connectivity index (χ1v) is 5.86. The molecule has 1 aliphatic rings. The van der Waals surface area contributed by atoms with Gasteiger partial charge in [-0.1, -0.05) is 13.8 Å². The van der Waals surface area contributed by atoms with Crippen LogP contribution in [-0.4, -0.2) is 34.3 Å². The molecule has 0 amide bonds. The minimum absolute atomic E-state index is 0.583. The molecule has 0 radical (unpaired) electrons. The molecule has 0 aromatic carbocycles. The SMILES string of the molecule is CC(C)CN1CC(n2cc(Br)cn2)C1. The lowest BCUT2D eigenvalue weighted by Gasteiger charge is -2.40. The van der Waals surface area contributed by atoms with E-state index in [1.807, 2.05) is 6.20 Å². The molecule has 14 heavy (non-hydrogen) atoms. The van der Waals surface area contributed by atoms with Crippen LogP contribution >= 0.6 is 15.9 Å². The number of halogens is 1. The van der Waals surface area contributed by atoms with Crippen molar-refractivity contribution in [2.75, 3.05) is 19.6 Å². The van der Waals surface area contributed by atoms with Crippen molar-refractivity contribution in [3.05, 3.63) is 16.9 Å². The Hall–Kier alpha value is -0.350. The summed E-state index contributed by atoms with van der Waals surface area (Å²) in [5.74, 6) is 0.764. The van der Waals surface area contributed by atoms with Crippen LogP contribution in [0.25, 0.3) is 0 Å². The molecule has 2 rings (SSSR count). The van der Waals surface area contributed by atoms with Gasteiger partial charge in [0.05, 0.1) is 16.7 Å². The van der Waals surface area contributed by atoms with Gasteiger partial charge in [0.1, 0.15) is 0 Å². The van der Waals surface area contributed by atoms with Gasteiger partial charge in [0.25, 0.3) is 0 Å². The van der Waals surface area contributed by atoms with Gasteiger partial charge in [-0.2, -0.15) is 5.10 Å². The normalized spacial score (nSPS) is 18.9. The van der Waals surface area contributed by atoms with E-state index in [2.05, 4.69) is 50.7 Å². The van der Waals surface area contributed by atoms with Crippen LogP contribution in [-0.2, 0) is 0 Å². The summed E-state index contributed by atoms with van der Waals surface area (Å²) in [5, 5.41) is 4.29. The Morgan fingerprint density at radius 3 is 2.79 bits per heavy atom. The van der Waals surface area contributed by atoms with Gasteiger partial charge in [-0.15, -0.1) is 0 Å². The molecule has 0 N–H and O–H groups in total. The number of aromatic nitrogens is 2. The van der Waals surface area contributed by atoms with Crippen molar-refractivity contribution in [3.8, 4) is 0 Å². The van der Waals surface area contributed by atoms with Gasteiger partial charge in [-0.05, 0) is 21.8 Å². The second kappa shape index (κ2) is 4.03. The predicted molar refractivity (Wildman–Crippen MR) is 60.2 cm³/mol. The van der Waals surface area contributed by atoms with Crippen molar-refractivity contribution < 1.29 is 0 Å². The van der Waals surface area contributed by atoms with Crippen molar-refractivity contribution in [1.82, 2.24) is 14.7 Å². The van der Waals surface area contributed by atoms with E-state index in [1.165, 1.54) is 6.54 Å². The summed E-state index contributed by atoms with van der Waals surface area (Å²) in [5.41, 5.74) is 0. The van der Waals surface area contributed by atoms with Crippen LogP contribution in [0.15, 0.2) is 16.9 Å². The molecule has 0 saturated carbocycles. The van der Waals surface area contributed by atoms with Crippen LogP contribution in [0.5, 0.6) is 0 Å². The highest BCUT2D eigenvalue weighted by Gasteiger charge is 2.28. The van der Waals surface area contributed by atoms with Gasteiger partial charge < -0.3 is 0 Å². The van der Waals surface area contributed by atoms with Crippen molar-refractivity contribution in [1.29, 1.82) is 0 Å². The van der Waals surface area contributed by atoms with E-state index in [0.29, 0.717) is 6.04 Å². The number of nitrogens with zero attached hydrogens (tertiary/aromatic N) is 3. The van der Waals surface area contributed by atoms with Gasteiger partial charge in [0, 0.05) is 25.8 Å². The Kier molecular flexibility index (Phi) is 2.93. The summed E-state index contributed by atoms with van der Waals surface area (Å²) < 4.78 is 3.13. The first kappa shape index (κ1) is 10.2. The summed E-state index contributed by atoms with van der Waals surface area (Å²) >= 11 is 3.41. The highest BCUT2D eigenvalue weighted by Crippen LogP contribution is 2.22. The third kappa shape index (κ3) is 2.17. The molecule has 1 fully saturated rings. The molecule has 2 heterocycles. The average molecular weight is 258 g/mol. The second-order valence-electron chi connectivity index (χ2n) is 4.40. The van der Waals surface area contributed by atoms with Gasteiger partial charge in [-0.3, -0.25) is 9.58 Å². The third-order valence-corrected chi connectivity index (χ3v) is 2.91. The Morgan fingerprint density at radius 1 is 1.57 bits per heavy atom. The molecular formula is C10H16BrN3. The maximum absolute atomic E-state index is 4.29. The van der Waals surface area contributed by atoms with Gasteiger partial charge in [0.15, 0.2) is 0 Å². The molecule has 1 aromatic rings. The Labute approximate surface area is 93.2 Å². The van der Waals surface area contributed by atoms with Crippen molar-refractivity contribution in [3.63, 3.8) is 0 Å². The lowest BCUT2D eigenvalue weighted by Crippen LogP contribution is -2.49. The standard InChI is InChI=1S/C10H16BrN3/c1-8(2)4-13-6-10(7-13)14-5-9(11)3-12-14/h3,5,8,10H,4,6-7H2,1-2H3. The van der Waals surface area contributed by atoms with Crippen LogP contribution in [0.4, 0.5) is 0 Å². The van der Waals surface area contributed by atoms with Gasteiger partial charge in [0.2, 0.25) is 0 Å². The fourth-order valence-electron chi connectivity index (χ4n) is 1.89. The Morgan fingerprint density at radius 2 is 2.29 bits per heavy atom. The van der Waals surface area contributed by atoms with Crippen molar-refractivity contribution >= 4 is 15.9 Å². The van der Waals surface area contributed by atoms with Gasteiger partial charge >= 0.3 is 0 Å². The minimum atomic E-state index is 0.583. The molecule has 78 valence electrons. The van der Waals surface area contributed by atoms with E-state index in [1.54, 1.807) is 0 Å². The summed E-state index contributed by atoms with van der Waals surface area (Å²) in [6.07, 6.45) is 3.91. The molecule has 0 aliphatic carbocycles. The zero-order valence-corrected chi connectivity index (χ0v) is 10.2. The third-order valence-electron chi connectivity index (χ3n) is 2.51. The number of hydrogen-bond acceptors (Lipinski definition) is 2. The largest absolute Gasteiger partial charge is 0.299 e. The molecule has 0 spiro atoms. The van der Waals surface area contributed by atoms with Crippen LogP contribution in [0.1, 0.15) is 19.9 Å². The van der Waals surface area contributed by atoms with E-state index >= 15 is 0 Å². The van der Waals surface area contributed by atoms with Crippen LogP contribution in [0.3, 0.4) is 0 Å². The zero-order valence-electron chi connectivity index (χ0n) is 8.65. The molecule has 0 atom stereocenters. The molecule has 0 bridgehead atoms. The van der Waals surface area contributed by atoms with E-state index in [0.717, 1.165) is 23.5 Å². The predicted octanol–water partition coefficient (Wildman–Crippen LogP) is 2.16. The Balaban J connectivity index is 1.83. The summed E-state index contributed by atoms with van der Waals surface area (Å²) in [7, 11) is 0. The van der Waals surface area contributed by atoms with Crippen molar-refractivity contribution in [2.24, 2.45) is 5.92 Å². The molecular weight excluding hydrogens is 242 g/mol. The van der Waals surface area contributed by atoms with E-state index in [4.69, 9.17) is 0 Å². The second-order valence-corrected chi connectivity index (χ2v) is 5.32. The number of likely N-dealkylation sites (tertiary alicyclic amines) is 1. The summed E-state index contributed by atoms with van der Waals surface area (Å²) in [6, 6.07) is 0.583. The van der Waals surface area contributed by atoms with Crippen LogP contribution in [0.2, 0.25) is 0 Å². The lowest BCUT2D eigenvalue weighted by molar-refractivity contribution is 0.0859. The topological polar surface area (TPSA) is 21.1 Å². The summed E-state index contributed by atoms with van der Waals surface area (Å²) in [6.45, 7) is 8.02. The first-order chi connectivity index (χ1) is 6.65. The number of rotatable bonds is 3. The van der Waals surface area contributed by atoms with E-state index < -0.39 is 0 Å².